The Morgan fingerprint density at radius 3 is 2.05 bits per heavy atom. The predicted molar refractivity (Wildman–Crippen MR) is 98.9 cm³/mol. The Bertz CT molecular complexity index is 569. The predicted octanol–water partition coefficient (Wildman–Crippen LogP) is 7.07. The summed E-state index contributed by atoms with van der Waals surface area (Å²) in [5, 5.41) is 0. The molecule has 0 aliphatic heterocycles. The first-order valence-electron chi connectivity index (χ1n) is 8.87. The van der Waals surface area contributed by atoms with Gasteiger partial charge in [-0.05, 0) is 69.2 Å². The van der Waals surface area contributed by atoms with E-state index in [-0.39, 0.29) is 5.41 Å². The van der Waals surface area contributed by atoms with Crippen molar-refractivity contribution in [3.05, 3.63) is 58.2 Å². The first kappa shape index (κ1) is 17.1. The molecule has 0 nitrogen and oxygen atoms in total. The third-order valence-electron chi connectivity index (χ3n) is 5.75. The summed E-state index contributed by atoms with van der Waals surface area (Å²) in [4.78, 5) is 0. The highest BCUT2D eigenvalue weighted by Gasteiger charge is 2.43. The number of rotatable bonds is 4. The molecule has 0 amide bonds. The van der Waals surface area contributed by atoms with Gasteiger partial charge in [0.15, 0.2) is 0 Å². The van der Waals surface area contributed by atoms with Crippen LogP contribution in [0.5, 0.6) is 0 Å². The summed E-state index contributed by atoms with van der Waals surface area (Å²) in [6.45, 7) is 15.3. The lowest BCUT2D eigenvalue weighted by atomic mass is 9.65. The minimum atomic E-state index is 0.271. The van der Waals surface area contributed by atoms with Crippen molar-refractivity contribution < 1.29 is 0 Å². The molecule has 1 saturated carbocycles. The van der Waals surface area contributed by atoms with Gasteiger partial charge in [0.2, 0.25) is 0 Å². The van der Waals surface area contributed by atoms with E-state index >= 15 is 0 Å². The molecule has 0 radical (unpaired) electrons. The molecular weight excluding hydrogens is 264 g/mol. The smallest absolute Gasteiger partial charge is 0.0208 e. The van der Waals surface area contributed by atoms with Crippen LogP contribution in [0.15, 0.2) is 58.2 Å². The van der Waals surface area contributed by atoms with Gasteiger partial charge in [-0.25, -0.2) is 0 Å². The number of allylic oxidation sites excluding steroid dienone is 9. The Balaban J connectivity index is 2.59. The van der Waals surface area contributed by atoms with E-state index in [2.05, 4.69) is 53.3 Å². The Morgan fingerprint density at radius 2 is 1.55 bits per heavy atom. The number of hydrogen-bond acceptors (Lipinski definition) is 0. The van der Waals surface area contributed by atoms with Crippen molar-refractivity contribution in [2.45, 2.75) is 73.1 Å². The van der Waals surface area contributed by atoms with E-state index < -0.39 is 0 Å². The lowest BCUT2D eigenvalue weighted by molar-refractivity contribution is 0.304. The molecule has 0 aromatic heterocycles. The fourth-order valence-electron chi connectivity index (χ4n) is 4.09. The Labute approximate surface area is 137 Å². The molecule has 0 bridgehead atoms. The maximum Gasteiger partial charge on any atom is 0.0208 e. The molecule has 0 aromatic rings. The molecule has 0 heteroatoms. The molecule has 0 heterocycles. The Kier molecular flexibility index (Phi) is 5.32. The summed E-state index contributed by atoms with van der Waals surface area (Å²) in [5.74, 6) is 0. The second-order valence-electron chi connectivity index (χ2n) is 7.16. The SMILES string of the molecule is C=C/C(C)=C\C1=C(C)C(C)=C(/C=C(/C)CC)C12CCCCC2. The van der Waals surface area contributed by atoms with E-state index in [9.17, 15) is 0 Å². The molecule has 1 fully saturated rings. The molecule has 2 aliphatic carbocycles. The van der Waals surface area contributed by atoms with Crippen LogP contribution in [0, 0.1) is 5.41 Å². The van der Waals surface area contributed by atoms with E-state index in [4.69, 9.17) is 0 Å². The third-order valence-corrected chi connectivity index (χ3v) is 5.75. The van der Waals surface area contributed by atoms with Gasteiger partial charge < -0.3 is 0 Å². The highest BCUT2D eigenvalue weighted by Crippen LogP contribution is 2.56. The molecule has 0 unspecified atom stereocenters. The lowest BCUT2D eigenvalue weighted by Crippen LogP contribution is -2.26. The van der Waals surface area contributed by atoms with E-state index in [0.717, 1.165) is 6.42 Å². The van der Waals surface area contributed by atoms with Gasteiger partial charge in [-0.3, -0.25) is 0 Å². The zero-order chi connectivity index (χ0) is 16.3. The molecule has 0 saturated heterocycles. The van der Waals surface area contributed by atoms with Crippen molar-refractivity contribution in [3.63, 3.8) is 0 Å². The standard InChI is InChI=1S/C22H32/c1-7-16(3)14-20-18(5)19(6)21(15-17(4)8-2)22(20)12-10-9-11-13-22/h7,14-15H,1,8-13H2,2-6H3/b16-14-,17-15-. The summed E-state index contributed by atoms with van der Waals surface area (Å²) < 4.78 is 0. The van der Waals surface area contributed by atoms with Crippen LogP contribution in [0.25, 0.3) is 0 Å². The first-order valence-corrected chi connectivity index (χ1v) is 8.87. The molecular formula is C22H32. The van der Waals surface area contributed by atoms with Crippen LogP contribution in [0.1, 0.15) is 73.1 Å². The van der Waals surface area contributed by atoms with Gasteiger partial charge in [-0.15, -0.1) is 0 Å². The van der Waals surface area contributed by atoms with Crippen molar-refractivity contribution >= 4 is 0 Å². The summed E-state index contributed by atoms with van der Waals surface area (Å²) in [5.41, 5.74) is 9.23. The molecule has 2 aliphatic rings. The molecule has 22 heavy (non-hydrogen) atoms. The summed E-state index contributed by atoms with van der Waals surface area (Å²) in [6.07, 6.45) is 14.7. The second kappa shape index (κ2) is 6.86. The van der Waals surface area contributed by atoms with Crippen LogP contribution in [0.3, 0.4) is 0 Å². The zero-order valence-corrected chi connectivity index (χ0v) is 15.2. The van der Waals surface area contributed by atoms with E-state index in [1.807, 2.05) is 6.08 Å². The normalized spacial score (nSPS) is 22.8. The van der Waals surface area contributed by atoms with Gasteiger partial charge in [0, 0.05) is 5.41 Å². The molecule has 0 N–H and O–H groups in total. The van der Waals surface area contributed by atoms with Crippen molar-refractivity contribution in [3.8, 4) is 0 Å². The van der Waals surface area contributed by atoms with Crippen molar-refractivity contribution in [1.29, 1.82) is 0 Å². The minimum absolute atomic E-state index is 0.271. The van der Waals surface area contributed by atoms with Gasteiger partial charge in [-0.1, -0.05) is 62.1 Å². The van der Waals surface area contributed by atoms with Crippen LogP contribution in [0.2, 0.25) is 0 Å². The lowest BCUT2D eigenvalue weighted by Gasteiger charge is -2.38. The van der Waals surface area contributed by atoms with Crippen molar-refractivity contribution in [1.82, 2.24) is 0 Å². The summed E-state index contributed by atoms with van der Waals surface area (Å²) in [6, 6.07) is 0. The highest BCUT2D eigenvalue weighted by molar-refractivity contribution is 5.60. The van der Waals surface area contributed by atoms with Gasteiger partial charge in [0.1, 0.15) is 0 Å². The number of hydrogen-bond donors (Lipinski definition) is 0. The monoisotopic (exact) mass is 296 g/mol. The van der Waals surface area contributed by atoms with E-state index in [0.29, 0.717) is 0 Å². The van der Waals surface area contributed by atoms with Gasteiger partial charge >= 0.3 is 0 Å². The average molecular weight is 296 g/mol. The van der Waals surface area contributed by atoms with Crippen LogP contribution >= 0.6 is 0 Å². The molecule has 120 valence electrons. The Morgan fingerprint density at radius 1 is 1.00 bits per heavy atom. The second-order valence-corrected chi connectivity index (χ2v) is 7.16. The van der Waals surface area contributed by atoms with Gasteiger partial charge in [0.05, 0.1) is 0 Å². The topological polar surface area (TPSA) is 0 Å². The highest BCUT2D eigenvalue weighted by atomic mass is 14.5. The summed E-state index contributed by atoms with van der Waals surface area (Å²) in [7, 11) is 0. The first-order chi connectivity index (χ1) is 10.5. The van der Waals surface area contributed by atoms with E-state index in [1.54, 1.807) is 11.1 Å². The van der Waals surface area contributed by atoms with Crippen molar-refractivity contribution in [2.24, 2.45) is 5.41 Å². The summed E-state index contributed by atoms with van der Waals surface area (Å²) >= 11 is 0. The molecule has 2 rings (SSSR count). The maximum atomic E-state index is 3.94. The third kappa shape index (κ3) is 2.93. The molecule has 0 atom stereocenters. The van der Waals surface area contributed by atoms with Gasteiger partial charge in [-0.2, -0.15) is 0 Å². The fraction of sp³-hybridized carbons (Fsp3) is 0.545. The zero-order valence-electron chi connectivity index (χ0n) is 15.2. The van der Waals surface area contributed by atoms with Crippen LogP contribution in [0.4, 0.5) is 0 Å². The van der Waals surface area contributed by atoms with Crippen LogP contribution < -0.4 is 0 Å². The maximum absolute atomic E-state index is 3.94. The van der Waals surface area contributed by atoms with Gasteiger partial charge in [0.25, 0.3) is 0 Å². The van der Waals surface area contributed by atoms with Crippen LogP contribution in [-0.2, 0) is 0 Å². The van der Waals surface area contributed by atoms with Crippen molar-refractivity contribution in [2.75, 3.05) is 0 Å². The molecule has 0 aromatic carbocycles. The fourth-order valence-corrected chi connectivity index (χ4v) is 4.09. The quantitative estimate of drug-likeness (QED) is 0.486. The van der Waals surface area contributed by atoms with E-state index in [1.165, 1.54) is 54.4 Å². The average Bonchev–Trinajstić information content (AvgIpc) is 2.71. The minimum Gasteiger partial charge on any atom is -0.0988 e. The largest absolute Gasteiger partial charge is 0.0988 e. The molecule has 1 spiro atoms. The Hall–Kier alpha value is -1.30. The van der Waals surface area contributed by atoms with Crippen LogP contribution in [-0.4, -0.2) is 0 Å².